The lowest BCUT2D eigenvalue weighted by molar-refractivity contribution is -0.143. The molecule has 7 nitrogen and oxygen atoms in total. The fourth-order valence-electron chi connectivity index (χ4n) is 2.43. The van der Waals surface area contributed by atoms with E-state index in [1.54, 1.807) is 24.0 Å². The molecule has 1 rings (SSSR count). The SMILES string of the molecule is CCCN(CCC(=O)OCC)C(=O)c1cc(OC)c(OC)c(OC)c1. The number of hydrogen-bond acceptors (Lipinski definition) is 6. The number of carbonyl (C=O) groups is 2. The van der Waals surface area contributed by atoms with Gasteiger partial charge in [-0.15, -0.1) is 0 Å². The Morgan fingerprint density at radius 1 is 0.960 bits per heavy atom. The summed E-state index contributed by atoms with van der Waals surface area (Å²) in [6.07, 6.45) is 0.934. The third-order valence-corrected chi connectivity index (χ3v) is 3.58. The fourth-order valence-corrected chi connectivity index (χ4v) is 2.43. The molecule has 0 fully saturated rings. The molecule has 0 aliphatic carbocycles. The van der Waals surface area contributed by atoms with E-state index >= 15 is 0 Å². The van der Waals surface area contributed by atoms with E-state index in [9.17, 15) is 9.59 Å². The van der Waals surface area contributed by atoms with E-state index < -0.39 is 0 Å². The zero-order valence-corrected chi connectivity index (χ0v) is 15.6. The molecule has 0 aliphatic rings. The molecule has 0 saturated heterocycles. The van der Waals surface area contributed by atoms with Crippen molar-refractivity contribution in [2.45, 2.75) is 26.7 Å². The highest BCUT2D eigenvalue weighted by molar-refractivity contribution is 5.95. The summed E-state index contributed by atoms with van der Waals surface area (Å²) in [7, 11) is 4.50. The minimum Gasteiger partial charge on any atom is -0.493 e. The number of esters is 1. The molecule has 0 aliphatic heterocycles. The monoisotopic (exact) mass is 353 g/mol. The number of ether oxygens (including phenoxy) is 4. The molecule has 0 radical (unpaired) electrons. The lowest BCUT2D eigenvalue weighted by Crippen LogP contribution is -2.34. The van der Waals surface area contributed by atoms with E-state index in [0.717, 1.165) is 6.42 Å². The van der Waals surface area contributed by atoms with Gasteiger partial charge in [0.1, 0.15) is 0 Å². The first kappa shape index (κ1) is 20.6. The summed E-state index contributed by atoms with van der Waals surface area (Å²) in [5.41, 5.74) is 0.409. The summed E-state index contributed by atoms with van der Waals surface area (Å²) in [6.45, 7) is 4.88. The summed E-state index contributed by atoms with van der Waals surface area (Å²) in [5.74, 6) is 0.723. The van der Waals surface area contributed by atoms with Crippen LogP contribution in [0.15, 0.2) is 12.1 Å². The first-order valence-corrected chi connectivity index (χ1v) is 8.27. The summed E-state index contributed by atoms with van der Waals surface area (Å²) >= 11 is 0. The van der Waals surface area contributed by atoms with Gasteiger partial charge < -0.3 is 23.8 Å². The van der Waals surface area contributed by atoms with E-state index in [-0.39, 0.29) is 18.3 Å². The first-order valence-electron chi connectivity index (χ1n) is 8.27. The van der Waals surface area contributed by atoms with E-state index in [2.05, 4.69) is 0 Å². The minimum absolute atomic E-state index is 0.157. The van der Waals surface area contributed by atoms with Crippen LogP contribution in [0.4, 0.5) is 0 Å². The van der Waals surface area contributed by atoms with E-state index in [1.807, 2.05) is 6.92 Å². The van der Waals surface area contributed by atoms with E-state index in [0.29, 0.717) is 42.5 Å². The zero-order chi connectivity index (χ0) is 18.8. The third-order valence-electron chi connectivity index (χ3n) is 3.58. The summed E-state index contributed by atoms with van der Waals surface area (Å²) in [4.78, 5) is 26.1. The molecule has 7 heteroatoms. The minimum atomic E-state index is -0.318. The Bertz CT molecular complexity index is 562. The Kier molecular flexibility index (Phi) is 8.60. The van der Waals surface area contributed by atoms with Crippen molar-refractivity contribution >= 4 is 11.9 Å². The van der Waals surface area contributed by atoms with Gasteiger partial charge in [-0.1, -0.05) is 6.92 Å². The van der Waals surface area contributed by atoms with Gasteiger partial charge in [-0.2, -0.15) is 0 Å². The van der Waals surface area contributed by atoms with E-state index in [4.69, 9.17) is 18.9 Å². The normalized spacial score (nSPS) is 10.1. The number of methoxy groups -OCH3 is 3. The van der Waals surface area contributed by atoms with Crippen molar-refractivity contribution in [3.05, 3.63) is 17.7 Å². The second-order valence-corrected chi connectivity index (χ2v) is 5.26. The van der Waals surface area contributed by atoms with Gasteiger partial charge in [0, 0.05) is 18.7 Å². The molecule has 0 aromatic heterocycles. The second-order valence-electron chi connectivity index (χ2n) is 5.26. The van der Waals surface area contributed by atoms with Crippen molar-refractivity contribution in [1.82, 2.24) is 4.90 Å². The number of nitrogens with zero attached hydrogens (tertiary/aromatic N) is 1. The Balaban J connectivity index is 3.05. The van der Waals surface area contributed by atoms with Gasteiger partial charge >= 0.3 is 5.97 Å². The molecule has 0 spiro atoms. The van der Waals surface area contributed by atoms with Crippen LogP contribution in [0.5, 0.6) is 17.2 Å². The van der Waals surface area contributed by atoms with Crippen LogP contribution in [0.25, 0.3) is 0 Å². The van der Waals surface area contributed by atoms with Crippen molar-refractivity contribution in [2.24, 2.45) is 0 Å². The van der Waals surface area contributed by atoms with Crippen LogP contribution in [0.2, 0.25) is 0 Å². The molecule has 0 bridgehead atoms. The zero-order valence-electron chi connectivity index (χ0n) is 15.6. The maximum Gasteiger partial charge on any atom is 0.307 e. The standard InChI is InChI=1S/C18H27NO6/c1-6-9-19(10-8-16(20)25-7-2)18(21)13-11-14(22-3)17(24-5)15(12-13)23-4/h11-12H,6-10H2,1-5H3. The number of benzene rings is 1. The van der Waals surface area contributed by atoms with Gasteiger partial charge in [0.2, 0.25) is 5.75 Å². The predicted octanol–water partition coefficient (Wildman–Crippen LogP) is 2.52. The van der Waals surface area contributed by atoms with Crippen LogP contribution in [0.1, 0.15) is 37.0 Å². The Morgan fingerprint density at radius 3 is 2.00 bits per heavy atom. The topological polar surface area (TPSA) is 74.3 Å². The van der Waals surface area contributed by atoms with Crippen LogP contribution < -0.4 is 14.2 Å². The average molecular weight is 353 g/mol. The highest BCUT2D eigenvalue weighted by Gasteiger charge is 2.21. The van der Waals surface area contributed by atoms with Crippen molar-refractivity contribution in [1.29, 1.82) is 0 Å². The predicted molar refractivity (Wildman–Crippen MR) is 93.5 cm³/mol. The molecule has 1 aromatic carbocycles. The fraction of sp³-hybridized carbons (Fsp3) is 0.556. The third kappa shape index (κ3) is 5.55. The number of amides is 1. The molecule has 0 N–H and O–H groups in total. The van der Waals surface area contributed by atoms with Gasteiger partial charge in [-0.25, -0.2) is 0 Å². The molecule has 1 amide bonds. The highest BCUT2D eigenvalue weighted by Crippen LogP contribution is 2.38. The van der Waals surface area contributed by atoms with Crippen LogP contribution in [-0.2, 0) is 9.53 Å². The number of carbonyl (C=O) groups excluding carboxylic acids is 2. The smallest absolute Gasteiger partial charge is 0.307 e. The second kappa shape index (κ2) is 10.4. The molecule has 140 valence electrons. The van der Waals surface area contributed by atoms with Gasteiger partial charge in [0.25, 0.3) is 5.91 Å². The molecule has 1 aromatic rings. The van der Waals surface area contributed by atoms with E-state index in [1.165, 1.54) is 21.3 Å². The lowest BCUT2D eigenvalue weighted by Gasteiger charge is -2.23. The maximum atomic E-state index is 12.9. The molecule has 0 atom stereocenters. The van der Waals surface area contributed by atoms with Gasteiger partial charge in [-0.05, 0) is 25.5 Å². The average Bonchev–Trinajstić information content (AvgIpc) is 2.63. The number of hydrogen-bond donors (Lipinski definition) is 0. The van der Waals surface area contributed by atoms with Crippen molar-refractivity contribution < 1.29 is 28.5 Å². The van der Waals surface area contributed by atoms with Crippen molar-refractivity contribution in [2.75, 3.05) is 41.0 Å². The van der Waals surface area contributed by atoms with Gasteiger partial charge in [0.05, 0.1) is 34.4 Å². The maximum absolute atomic E-state index is 12.9. The molecule has 25 heavy (non-hydrogen) atoms. The first-order chi connectivity index (χ1) is 12.0. The van der Waals surface area contributed by atoms with Crippen molar-refractivity contribution in [3.63, 3.8) is 0 Å². The Morgan fingerprint density at radius 2 is 1.56 bits per heavy atom. The lowest BCUT2D eigenvalue weighted by atomic mass is 10.1. The van der Waals surface area contributed by atoms with Gasteiger partial charge in [0.15, 0.2) is 11.5 Å². The largest absolute Gasteiger partial charge is 0.493 e. The molecule has 0 heterocycles. The van der Waals surface area contributed by atoms with Gasteiger partial charge in [-0.3, -0.25) is 9.59 Å². The van der Waals surface area contributed by atoms with Crippen LogP contribution in [0.3, 0.4) is 0 Å². The molecule has 0 unspecified atom stereocenters. The molecule has 0 saturated carbocycles. The highest BCUT2D eigenvalue weighted by atomic mass is 16.5. The Hall–Kier alpha value is -2.44. The molecular formula is C18H27NO6. The van der Waals surface area contributed by atoms with Crippen LogP contribution in [-0.4, -0.2) is 57.8 Å². The summed E-state index contributed by atoms with van der Waals surface area (Å²) in [6, 6.07) is 3.22. The quantitative estimate of drug-likeness (QED) is 0.602. The number of rotatable bonds is 10. The van der Waals surface area contributed by atoms with Crippen molar-refractivity contribution in [3.8, 4) is 17.2 Å². The van der Waals surface area contributed by atoms with Crippen LogP contribution >= 0.6 is 0 Å². The summed E-state index contributed by atoms with van der Waals surface area (Å²) in [5, 5.41) is 0. The van der Waals surface area contributed by atoms with Crippen LogP contribution in [0, 0.1) is 0 Å². The summed E-state index contributed by atoms with van der Waals surface area (Å²) < 4.78 is 20.8. The molecular weight excluding hydrogens is 326 g/mol. The Labute approximate surface area is 148 Å².